The van der Waals surface area contributed by atoms with Gasteiger partial charge in [0.05, 0.1) is 5.69 Å². The number of fused-ring (bicyclic) bond motifs is 1. The molecule has 0 aliphatic rings. The van der Waals surface area contributed by atoms with E-state index in [1.165, 1.54) is 6.07 Å². The van der Waals surface area contributed by atoms with Crippen LogP contribution in [0.5, 0.6) is 0 Å². The lowest BCUT2D eigenvalue weighted by molar-refractivity contribution is 0.0690. The van der Waals surface area contributed by atoms with Crippen LogP contribution in [0.15, 0.2) is 42.6 Å². The standard InChI is InChI=1S/C18H17FN2O2/c1-11-5-7-15(19)14(12(11)2)10-20-16-8-6-13-4-3-9-21(13)17(16)18(22)23/h3-9,20H,10H2,1-2H3,(H,22,23). The van der Waals surface area contributed by atoms with Gasteiger partial charge in [0.25, 0.3) is 0 Å². The van der Waals surface area contributed by atoms with Crippen molar-refractivity contribution < 1.29 is 14.3 Å². The Kier molecular flexibility index (Phi) is 3.78. The first-order valence-electron chi connectivity index (χ1n) is 7.31. The van der Waals surface area contributed by atoms with E-state index in [1.807, 2.05) is 26.0 Å². The van der Waals surface area contributed by atoms with Crippen LogP contribution in [0.25, 0.3) is 5.52 Å². The fourth-order valence-electron chi connectivity index (χ4n) is 2.71. The normalized spacial score (nSPS) is 10.9. The summed E-state index contributed by atoms with van der Waals surface area (Å²) in [4.78, 5) is 11.6. The van der Waals surface area contributed by atoms with Gasteiger partial charge in [-0.25, -0.2) is 9.18 Å². The Balaban J connectivity index is 1.98. The van der Waals surface area contributed by atoms with E-state index in [1.54, 1.807) is 28.8 Å². The van der Waals surface area contributed by atoms with Gasteiger partial charge in [-0.2, -0.15) is 0 Å². The summed E-state index contributed by atoms with van der Waals surface area (Å²) in [5, 5.41) is 12.6. The van der Waals surface area contributed by atoms with Crippen molar-refractivity contribution >= 4 is 17.2 Å². The summed E-state index contributed by atoms with van der Waals surface area (Å²) in [6.07, 6.45) is 1.70. The number of carbonyl (C=O) groups is 1. The van der Waals surface area contributed by atoms with Gasteiger partial charge in [-0.1, -0.05) is 6.07 Å². The second-order valence-electron chi connectivity index (χ2n) is 5.53. The third-order valence-corrected chi connectivity index (χ3v) is 4.17. The number of halogens is 1. The molecule has 0 spiro atoms. The van der Waals surface area contributed by atoms with Gasteiger partial charge >= 0.3 is 5.97 Å². The van der Waals surface area contributed by atoms with Crippen LogP contribution >= 0.6 is 0 Å². The van der Waals surface area contributed by atoms with Crippen LogP contribution in [0.4, 0.5) is 10.1 Å². The number of aromatic nitrogens is 1. The Hall–Kier alpha value is -2.82. The van der Waals surface area contributed by atoms with E-state index in [9.17, 15) is 14.3 Å². The maximum absolute atomic E-state index is 14.0. The predicted molar refractivity (Wildman–Crippen MR) is 87.6 cm³/mol. The minimum absolute atomic E-state index is 0.137. The van der Waals surface area contributed by atoms with Crippen molar-refractivity contribution in [2.45, 2.75) is 20.4 Å². The molecule has 5 heteroatoms. The first-order chi connectivity index (χ1) is 11.0. The zero-order valence-corrected chi connectivity index (χ0v) is 12.9. The lowest BCUT2D eigenvalue weighted by atomic mass is 10.0. The van der Waals surface area contributed by atoms with E-state index < -0.39 is 5.97 Å². The first-order valence-corrected chi connectivity index (χ1v) is 7.31. The monoisotopic (exact) mass is 312 g/mol. The average molecular weight is 312 g/mol. The largest absolute Gasteiger partial charge is 0.476 e. The molecule has 0 unspecified atom stereocenters. The number of nitrogens with zero attached hydrogens (tertiary/aromatic N) is 1. The SMILES string of the molecule is Cc1ccc(F)c(CNc2ccc3cccn3c2C(=O)O)c1C. The molecule has 0 saturated heterocycles. The number of benzene rings is 1. The maximum Gasteiger partial charge on any atom is 0.355 e. The second kappa shape index (κ2) is 5.76. The number of hydrogen-bond donors (Lipinski definition) is 2. The molecule has 23 heavy (non-hydrogen) atoms. The van der Waals surface area contributed by atoms with Gasteiger partial charge in [0.2, 0.25) is 0 Å². The number of pyridine rings is 1. The Labute approximate surface area is 133 Å². The van der Waals surface area contributed by atoms with E-state index in [0.29, 0.717) is 11.3 Å². The Bertz CT molecular complexity index is 899. The van der Waals surface area contributed by atoms with Gasteiger partial charge in [0, 0.05) is 23.8 Å². The van der Waals surface area contributed by atoms with Crippen LogP contribution in [0.1, 0.15) is 27.2 Å². The van der Waals surface area contributed by atoms with Crippen LogP contribution in [-0.2, 0) is 6.54 Å². The van der Waals surface area contributed by atoms with Gasteiger partial charge in [-0.15, -0.1) is 0 Å². The molecule has 4 nitrogen and oxygen atoms in total. The predicted octanol–water partition coefficient (Wildman–Crippen LogP) is 4.01. The van der Waals surface area contributed by atoms with Crippen LogP contribution in [-0.4, -0.2) is 15.5 Å². The quantitative estimate of drug-likeness (QED) is 0.765. The molecule has 0 bridgehead atoms. The summed E-state index contributed by atoms with van der Waals surface area (Å²) >= 11 is 0. The van der Waals surface area contributed by atoms with Gasteiger partial charge in [-0.05, 0) is 55.3 Å². The third-order valence-electron chi connectivity index (χ3n) is 4.17. The molecule has 2 aromatic heterocycles. The average Bonchev–Trinajstić information content (AvgIpc) is 2.98. The molecule has 118 valence electrons. The number of anilines is 1. The zero-order valence-electron chi connectivity index (χ0n) is 12.9. The van der Waals surface area contributed by atoms with Crippen molar-refractivity contribution in [1.29, 1.82) is 0 Å². The highest BCUT2D eigenvalue weighted by molar-refractivity contribution is 5.93. The van der Waals surface area contributed by atoms with Crippen molar-refractivity contribution in [1.82, 2.24) is 4.40 Å². The summed E-state index contributed by atoms with van der Waals surface area (Å²) in [7, 11) is 0. The van der Waals surface area contributed by atoms with Crippen LogP contribution in [0.3, 0.4) is 0 Å². The maximum atomic E-state index is 14.0. The van der Waals surface area contributed by atoms with E-state index in [4.69, 9.17) is 0 Å². The fraction of sp³-hybridized carbons (Fsp3) is 0.167. The van der Waals surface area contributed by atoms with Gasteiger partial charge < -0.3 is 14.8 Å². The molecule has 0 fully saturated rings. The summed E-state index contributed by atoms with van der Waals surface area (Å²) in [6.45, 7) is 4.02. The molecule has 0 saturated carbocycles. The molecule has 0 amide bonds. The molecule has 0 aliphatic heterocycles. The van der Waals surface area contributed by atoms with E-state index in [-0.39, 0.29) is 18.1 Å². The molecule has 0 atom stereocenters. The third kappa shape index (κ3) is 2.65. The summed E-state index contributed by atoms with van der Waals surface area (Å²) in [5.74, 6) is -1.32. The molecule has 1 aromatic carbocycles. The van der Waals surface area contributed by atoms with Gasteiger partial charge in [0.1, 0.15) is 5.82 Å². The molecular weight excluding hydrogens is 295 g/mol. The van der Waals surface area contributed by atoms with E-state index in [2.05, 4.69) is 5.32 Å². The van der Waals surface area contributed by atoms with Crippen molar-refractivity contribution in [3.63, 3.8) is 0 Å². The van der Waals surface area contributed by atoms with Crippen molar-refractivity contribution in [2.75, 3.05) is 5.32 Å². The fourth-order valence-corrected chi connectivity index (χ4v) is 2.71. The summed E-state index contributed by atoms with van der Waals surface area (Å²) in [6, 6.07) is 10.3. The Morgan fingerprint density at radius 3 is 2.74 bits per heavy atom. The van der Waals surface area contributed by atoms with Crippen LogP contribution in [0, 0.1) is 19.7 Å². The van der Waals surface area contributed by atoms with Crippen molar-refractivity contribution in [2.24, 2.45) is 0 Å². The smallest absolute Gasteiger partial charge is 0.355 e. The number of carboxylic acid groups (broad SMARTS) is 1. The Morgan fingerprint density at radius 2 is 2.00 bits per heavy atom. The Morgan fingerprint density at radius 1 is 1.22 bits per heavy atom. The highest BCUT2D eigenvalue weighted by Crippen LogP contribution is 2.22. The molecule has 0 radical (unpaired) electrons. The summed E-state index contributed by atoms with van der Waals surface area (Å²) in [5.41, 5.74) is 3.82. The topological polar surface area (TPSA) is 53.7 Å². The van der Waals surface area contributed by atoms with Crippen molar-refractivity contribution in [3.8, 4) is 0 Å². The van der Waals surface area contributed by atoms with Crippen LogP contribution in [0.2, 0.25) is 0 Å². The lowest BCUT2D eigenvalue weighted by Gasteiger charge is -2.14. The molecule has 3 rings (SSSR count). The molecular formula is C18H17FN2O2. The highest BCUT2D eigenvalue weighted by atomic mass is 19.1. The minimum atomic E-state index is -1.03. The molecule has 2 N–H and O–H groups in total. The van der Waals surface area contributed by atoms with Crippen LogP contribution < -0.4 is 5.32 Å². The highest BCUT2D eigenvalue weighted by Gasteiger charge is 2.15. The number of nitrogens with one attached hydrogen (secondary N) is 1. The number of carboxylic acids is 1. The molecule has 2 heterocycles. The zero-order chi connectivity index (χ0) is 16.6. The van der Waals surface area contributed by atoms with E-state index in [0.717, 1.165) is 16.6 Å². The lowest BCUT2D eigenvalue weighted by Crippen LogP contribution is -2.12. The number of aryl methyl sites for hydroxylation is 1. The number of hydrogen-bond acceptors (Lipinski definition) is 2. The number of rotatable bonds is 4. The van der Waals surface area contributed by atoms with Gasteiger partial charge in [-0.3, -0.25) is 0 Å². The molecule has 3 aromatic rings. The van der Waals surface area contributed by atoms with E-state index >= 15 is 0 Å². The first kappa shape index (κ1) is 15.1. The minimum Gasteiger partial charge on any atom is -0.476 e. The second-order valence-corrected chi connectivity index (χ2v) is 5.53. The molecule has 0 aliphatic carbocycles. The summed E-state index contributed by atoms with van der Waals surface area (Å²) < 4.78 is 15.6. The van der Waals surface area contributed by atoms with Gasteiger partial charge in [0.15, 0.2) is 5.69 Å². The number of aromatic carboxylic acids is 1. The van der Waals surface area contributed by atoms with Crippen molar-refractivity contribution in [3.05, 3.63) is 70.8 Å².